The number of aromatic nitrogens is 2. The number of carbonyl (C=O) groups is 1. The molecule has 17 heavy (non-hydrogen) atoms. The van der Waals surface area contributed by atoms with Gasteiger partial charge >= 0.3 is 5.97 Å². The molecule has 0 aliphatic carbocycles. The average Bonchev–Trinajstić information content (AvgIpc) is 2.29. The van der Waals surface area contributed by atoms with E-state index < -0.39 is 5.97 Å². The number of hydrogen-bond acceptors (Lipinski definition) is 3. The van der Waals surface area contributed by atoms with Crippen LogP contribution in [0.25, 0.3) is 11.3 Å². The fourth-order valence-corrected chi connectivity index (χ4v) is 1.98. The van der Waals surface area contributed by atoms with Gasteiger partial charge in [0.05, 0.1) is 5.69 Å². The molecule has 0 amide bonds. The van der Waals surface area contributed by atoms with Crippen molar-refractivity contribution in [2.45, 2.75) is 6.92 Å². The average molecular weight is 293 g/mol. The van der Waals surface area contributed by atoms with E-state index >= 15 is 0 Å². The Kier molecular flexibility index (Phi) is 3.19. The van der Waals surface area contributed by atoms with E-state index in [1.807, 2.05) is 25.1 Å². The fraction of sp³-hybridized carbons (Fsp3) is 0.0833. The van der Waals surface area contributed by atoms with Crippen molar-refractivity contribution in [3.63, 3.8) is 0 Å². The second kappa shape index (κ2) is 4.63. The van der Waals surface area contributed by atoms with Crippen molar-refractivity contribution in [3.8, 4) is 11.3 Å². The first-order valence-electron chi connectivity index (χ1n) is 4.91. The highest BCUT2D eigenvalue weighted by Crippen LogP contribution is 2.24. The number of benzene rings is 1. The zero-order valence-electron chi connectivity index (χ0n) is 9.01. The minimum absolute atomic E-state index is 0.0523. The molecule has 0 aliphatic rings. The predicted octanol–water partition coefficient (Wildman–Crippen LogP) is 2.91. The predicted molar refractivity (Wildman–Crippen MR) is 66.9 cm³/mol. The van der Waals surface area contributed by atoms with Gasteiger partial charge in [-0.3, -0.25) is 0 Å². The van der Waals surface area contributed by atoms with E-state index in [2.05, 4.69) is 26.1 Å². The van der Waals surface area contributed by atoms with Crippen molar-refractivity contribution in [1.29, 1.82) is 0 Å². The smallest absolute Gasteiger partial charge is 0.356 e. The summed E-state index contributed by atoms with van der Waals surface area (Å²) in [6, 6.07) is 8.92. The number of aryl methyl sites for hydroxylation is 1. The largest absolute Gasteiger partial charge is 0.476 e. The van der Waals surface area contributed by atoms with Crippen LogP contribution < -0.4 is 0 Å². The van der Waals surface area contributed by atoms with Crippen LogP contribution in [0.15, 0.2) is 34.8 Å². The van der Waals surface area contributed by atoms with Gasteiger partial charge in [-0.05, 0) is 36.8 Å². The van der Waals surface area contributed by atoms with Crippen molar-refractivity contribution < 1.29 is 9.90 Å². The molecule has 2 aromatic rings. The first-order chi connectivity index (χ1) is 8.08. The molecule has 0 bridgehead atoms. The van der Waals surface area contributed by atoms with Gasteiger partial charge in [-0.15, -0.1) is 10.2 Å². The van der Waals surface area contributed by atoms with Gasteiger partial charge in [0.1, 0.15) is 0 Å². The molecule has 0 aliphatic heterocycles. The lowest BCUT2D eigenvalue weighted by molar-refractivity contribution is 0.0689. The molecule has 2 rings (SSSR count). The maximum atomic E-state index is 10.7. The Balaban J connectivity index is 2.43. The first kappa shape index (κ1) is 11.7. The van der Waals surface area contributed by atoms with E-state index in [4.69, 9.17) is 5.11 Å². The van der Waals surface area contributed by atoms with Crippen LogP contribution in [0.4, 0.5) is 0 Å². The van der Waals surface area contributed by atoms with Crippen LogP contribution >= 0.6 is 15.9 Å². The highest BCUT2D eigenvalue weighted by Gasteiger charge is 2.08. The molecule has 0 radical (unpaired) electrons. The number of hydrogen-bond donors (Lipinski definition) is 1. The van der Waals surface area contributed by atoms with E-state index in [0.717, 1.165) is 15.6 Å². The van der Waals surface area contributed by atoms with Crippen LogP contribution in [-0.4, -0.2) is 21.3 Å². The maximum absolute atomic E-state index is 10.7. The summed E-state index contributed by atoms with van der Waals surface area (Å²) in [7, 11) is 0. The summed E-state index contributed by atoms with van der Waals surface area (Å²) in [5, 5.41) is 16.3. The monoisotopic (exact) mass is 292 g/mol. The van der Waals surface area contributed by atoms with Gasteiger partial charge < -0.3 is 5.11 Å². The molecular weight excluding hydrogens is 284 g/mol. The Bertz CT molecular complexity index is 567. The van der Waals surface area contributed by atoms with Crippen LogP contribution in [0.2, 0.25) is 0 Å². The highest BCUT2D eigenvalue weighted by molar-refractivity contribution is 9.10. The van der Waals surface area contributed by atoms with Crippen molar-refractivity contribution in [1.82, 2.24) is 10.2 Å². The lowest BCUT2D eigenvalue weighted by Gasteiger charge is -2.05. The van der Waals surface area contributed by atoms with Crippen molar-refractivity contribution in [3.05, 3.63) is 46.1 Å². The summed E-state index contributed by atoms with van der Waals surface area (Å²) in [6.07, 6.45) is 0. The molecule has 5 heteroatoms. The topological polar surface area (TPSA) is 63.1 Å². The molecule has 0 unspecified atom stereocenters. The van der Waals surface area contributed by atoms with Gasteiger partial charge in [-0.25, -0.2) is 4.79 Å². The van der Waals surface area contributed by atoms with Crippen LogP contribution in [0, 0.1) is 6.92 Å². The van der Waals surface area contributed by atoms with Crippen molar-refractivity contribution in [2.75, 3.05) is 0 Å². The molecule has 0 fully saturated rings. The second-order valence-electron chi connectivity index (χ2n) is 3.57. The quantitative estimate of drug-likeness (QED) is 0.924. The molecule has 4 nitrogen and oxygen atoms in total. The molecule has 0 spiro atoms. The van der Waals surface area contributed by atoms with Crippen LogP contribution in [0.1, 0.15) is 16.1 Å². The number of nitrogens with zero attached hydrogens (tertiary/aromatic N) is 2. The van der Waals surface area contributed by atoms with Crippen molar-refractivity contribution >= 4 is 21.9 Å². The van der Waals surface area contributed by atoms with Crippen LogP contribution in [0.5, 0.6) is 0 Å². The Labute approximate surface area is 106 Å². The summed E-state index contributed by atoms with van der Waals surface area (Å²) >= 11 is 3.39. The van der Waals surface area contributed by atoms with Gasteiger partial charge in [-0.2, -0.15) is 0 Å². The lowest BCUT2D eigenvalue weighted by Crippen LogP contribution is -2.02. The molecule has 1 aromatic carbocycles. The highest BCUT2D eigenvalue weighted by atomic mass is 79.9. The van der Waals surface area contributed by atoms with Gasteiger partial charge in [0, 0.05) is 10.0 Å². The van der Waals surface area contributed by atoms with E-state index in [1.54, 1.807) is 6.07 Å². The Morgan fingerprint density at radius 3 is 2.53 bits per heavy atom. The first-order valence-corrected chi connectivity index (χ1v) is 5.71. The van der Waals surface area contributed by atoms with Gasteiger partial charge in [-0.1, -0.05) is 22.0 Å². The number of carboxylic acids is 1. The summed E-state index contributed by atoms with van der Waals surface area (Å²) in [6.45, 7) is 1.97. The molecule has 1 N–H and O–H groups in total. The molecule has 1 aromatic heterocycles. The third kappa shape index (κ3) is 2.50. The summed E-state index contributed by atoms with van der Waals surface area (Å²) in [5.74, 6) is -1.07. The van der Waals surface area contributed by atoms with Gasteiger partial charge in [0.15, 0.2) is 5.69 Å². The van der Waals surface area contributed by atoms with Gasteiger partial charge in [0.2, 0.25) is 0 Å². The van der Waals surface area contributed by atoms with Crippen LogP contribution in [-0.2, 0) is 0 Å². The second-order valence-corrected chi connectivity index (χ2v) is 4.48. The van der Waals surface area contributed by atoms with E-state index in [9.17, 15) is 4.79 Å². The molecule has 0 saturated heterocycles. The van der Waals surface area contributed by atoms with E-state index in [-0.39, 0.29) is 5.69 Å². The summed E-state index contributed by atoms with van der Waals surface area (Å²) in [4.78, 5) is 10.7. The number of carboxylic acid groups (broad SMARTS) is 1. The van der Waals surface area contributed by atoms with Gasteiger partial charge in [0.25, 0.3) is 0 Å². The molecule has 0 atom stereocenters. The number of rotatable bonds is 2. The fourth-order valence-electron chi connectivity index (χ4n) is 1.50. The Hall–Kier alpha value is -1.75. The van der Waals surface area contributed by atoms with Crippen molar-refractivity contribution in [2.24, 2.45) is 0 Å². The van der Waals surface area contributed by atoms with E-state index in [0.29, 0.717) is 5.69 Å². The Morgan fingerprint density at radius 1 is 1.24 bits per heavy atom. The third-order valence-corrected chi connectivity index (χ3v) is 2.84. The number of halogens is 1. The normalized spacial score (nSPS) is 10.2. The number of aromatic carboxylic acids is 1. The SMILES string of the molecule is Cc1cc(Br)ccc1-c1ccc(C(=O)O)nn1. The Morgan fingerprint density at radius 2 is 2.00 bits per heavy atom. The maximum Gasteiger partial charge on any atom is 0.356 e. The minimum Gasteiger partial charge on any atom is -0.476 e. The van der Waals surface area contributed by atoms with Crippen LogP contribution in [0.3, 0.4) is 0 Å². The zero-order chi connectivity index (χ0) is 12.4. The molecule has 86 valence electrons. The van der Waals surface area contributed by atoms with E-state index in [1.165, 1.54) is 6.07 Å². The molecular formula is C12H9BrN2O2. The summed E-state index contributed by atoms with van der Waals surface area (Å²) in [5.41, 5.74) is 2.61. The summed E-state index contributed by atoms with van der Waals surface area (Å²) < 4.78 is 0.994. The molecule has 1 heterocycles. The minimum atomic E-state index is -1.07. The standard InChI is InChI=1S/C12H9BrN2O2/c1-7-6-8(13)2-3-9(7)10-4-5-11(12(16)17)15-14-10/h2-6H,1H3,(H,16,17). The zero-order valence-corrected chi connectivity index (χ0v) is 10.6. The third-order valence-electron chi connectivity index (χ3n) is 2.35. The molecule has 0 saturated carbocycles. The lowest BCUT2D eigenvalue weighted by atomic mass is 10.1.